The van der Waals surface area contributed by atoms with E-state index >= 15 is 4.79 Å². The Morgan fingerprint density at radius 3 is 1.96 bits per heavy atom. The summed E-state index contributed by atoms with van der Waals surface area (Å²) in [6.45, 7) is 21.6. The molecule has 0 radical (unpaired) electrons. The number of hydrogen-bond donors (Lipinski definition) is 2. The zero-order chi connectivity index (χ0) is 41.4. The molecule has 0 aromatic rings. The predicted molar refractivity (Wildman–Crippen MR) is 217 cm³/mol. The lowest BCUT2D eigenvalue weighted by Gasteiger charge is -2.40. The summed E-state index contributed by atoms with van der Waals surface area (Å²) in [6, 6.07) is -1.73. The van der Waals surface area contributed by atoms with Crippen molar-refractivity contribution < 1.29 is 32.4 Å². The molecule has 2 spiro atoms. The first-order valence-corrected chi connectivity index (χ1v) is 23.0. The van der Waals surface area contributed by atoms with Crippen LogP contribution < -0.4 is 10.0 Å². The number of ketones is 2. The molecule has 3 saturated carbocycles. The van der Waals surface area contributed by atoms with Crippen LogP contribution >= 0.6 is 0 Å². The van der Waals surface area contributed by atoms with Gasteiger partial charge in [0.2, 0.25) is 27.7 Å². The van der Waals surface area contributed by atoms with Crippen LogP contribution in [-0.4, -0.2) is 90.0 Å². The number of fused-ring (bicyclic) bond motifs is 1. The minimum atomic E-state index is -3.82. The largest absolute Gasteiger partial charge is 0.344 e. The Hall–Kier alpha value is -2.60. The van der Waals surface area contributed by atoms with E-state index in [-0.39, 0.29) is 77.4 Å². The summed E-state index contributed by atoms with van der Waals surface area (Å²) in [6.07, 6.45) is 11.4. The van der Waals surface area contributed by atoms with Crippen LogP contribution in [0, 0.1) is 38.4 Å². The van der Waals surface area contributed by atoms with Gasteiger partial charge in [-0.2, -0.15) is 0 Å². The van der Waals surface area contributed by atoms with E-state index in [1.165, 1.54) is 0 Å². The van der Waals surface area contributed by atoms with Gasteiger partial charge in [-0.15, -0.1) is 0 Å². The van der Waals surface area contributed by atoms with Crippen molar-refractivity contribution in [3.05, 3.63) is 12.2 Å². The van der Waals surface area contributed by atoms with Gasteiger partial charge in [-0.25, -0.2) is 8.42 Å². The second-order valence-electron chi connectivity index (χ2n) is 21.5. The first kappa shape index (κ1) is 43.0. The highest BCUT2D eigenvalue weighted by Gasteiger charge is 2.85. The third-order valence-electron chi connectivity index (χ3n) is 15.6. The van der Waals surface area contributed by atoms with Gasteiger partial charge in [0.05, 0.1) is 28.8 Å². The number of piperidine rings is 1. The van der Waals surface area contributed by atoms with Crippen molar-refractivity contribution in [1.82, 2.24) is 19.8 Å². The van der Waals surface area contributed by atoms with E-state index in [0.29, 0.717) is 25.8 Å². The average molecular weight is 799 g/mol. The van der Waals surface area contributed by atoms with Gasteiger partial charge < -0.3 is 10.2 Å². The van der Waals surface area contributed by atoms with Gasteiger partial charge in [0.25, 0.3) is 0 Å². The van der Waals surface area contributed by atoms with Gasteiger partial charge in [0.15, 0.2) is 11.6 Å². The summed E-state index contributed by atoms with van der Waals surface area (Å²) in [7, 11) is -3.82. The summed E-state index contributed by atoms with van der Waals surface area (Å²) < 4.78 is 28.1. The number of nitrogens with zero attached hydrogens (tertiary/aromatic N) is 2. The highest BCUT2D eigenvalue weighted by atomic mass is 32.2. The molecule has 5 atom stereocenters. The summed E-state index contributed by atoms with van der Waals surface area (Å²) in [4.78, 5) is 76.2. The second-order valence-corrected chi connectivity index (χ2v) is 23.5. The van der Waals surface area contributed by atoms with Crippen molar-refractivity contribution in [3.63, 3.8) is 0 Å². The van der Waals surface area contributed by atoms with Crippen LogP contribution in [0.2, 0.25) is 0 Å². The Morgan fingerprint density at radius 2 is 1.46 bits per heavy atom. The fraction of sp³-hybridized carbons (Fsp3) is 0.841. The number of amides is 3. The minimum Gasteiger partial charge on any atom is -0.344 e. The van der Waals surface area contributed by atoms with Gasteiger partial charge in [0, 0.05) is 36.8 Å². The molecule has 0 aromatic carbocycles. The normalized spacial score (nSPS) is 29.2. The van der Waals surface area contributed by atoms with E-state index in [1.807, 2.05) is 53.7 Å². The number of likely N-dealkylation sites (tertiary alicyclic amines) is 2. The predicted octanol–water partition coefficient (Wildman–Crippen LogP) is 6.10. The Balaban J connectivity index is 1.27. The Kier molecular flexibility index (Phi) is 11.2. The number of rotatable bonds is 13. The van der Waals surface area contributed by atoms with E-state index in [2.05, 4.69) is 42.6 Å². The molecule has 0 aromatic heterocycles. The molecule has 0 bridgehead atoms. The fourth-order valence-corrected chi connectivity index (χ4v) is 12.9. The van der Waals surface area contributed by atoms with Crippen LogP contribution in [0.5, 0.6) is 0 Å². The number of carbonyl (C=O) groups is 5. The van der Waals surface area contributed by atoms with Crippen LogP contribution in [0.15, 0.2) is 12.2 Å². The van der Waals surface area contributed by atoms with Crippen LogP contribution in [0.1, 0.15) is 153 Å². The van der Waals surface area contributed by atoms with Gasteiger partial charge in [-0.1, -0.05) is 80.4 Å². The number of nitrogens with one attached hydrogen (secondary N) is 2. The third-order valence-corrected chi connectivity index (χ3v) is 17.4. The van der Waals surface area contributed by atoms with Gasteiger partial charge >= 0.3 is 0 Å². The molecular weight excluding hydrogens is 729 g/mol. The summed E-state index contributed by atoms with van der Waals surface area (Å²) in [5, 5.41) is 2.58. The van der Waals surface area contributed by atoms with E-state index in [0.717, 1.165) is 45.1 Å². The lowest BCUT2D eigenvalue weighted by molar-refractivity contribution is -0.147. The van der Waals surface area contributed by atoms with Crippen molar-refractivity contribution in [3.8, 4) is 0 Å². The van der Waals surface area contributed by atoms with Crippen molar-refractivity contribution in [2.24, 2.45) is 38.4 Å². The Bertz CT molecular complexity index is 1740. The monoisotopic (exact) mass is 798 g/mol. The average Bonchev–Trinajstić information content (AvgIpc) is 3.85. The maximum absolute atomic E-state index is 15.2. The van der Waals surface area contributed by atoms with Crippen molar-refractivity contribution in [1.29, 1.82) is 0 Å². The number of hydrogen-bond acceptors (Lipinski definition) is 8. The molecule has 6 aliphatic rings. The molecular formula is C44H70N4O7S. The summed E-state index contributed by atoms with van der Waals surface area (Å²) in [5.41, 5.74) is -2.82. The summed E-state index contributed by atoms with van der Waals surface area (Å²) in [5.74, 6) is -2.23. The van der Waals surface area contributed by atoms with Crippen molar-refractivity contribution in [2.45, 2.75) is 182 Å². The number of Topliss-reactive ketones (excluding diaryl/α,β-unsaturated/α-hetero) is 2. The Morgan fingerprint density at radius 1 is 0.839 bits per heavy atom. The van der Waals surface area contributed by atoms with Crippen LogP contribution in [0.25, 0.3) is 0 Å². The molecule has 0 unspecified atom stereocenters. The maximum atomic E-state index is 15.2. The van der Waals surface area contributed by atoms with Crippen molar-refractivity contribution >= 4 is 39.3 Å². The van der Waals surface area contributed by atoms with E-state index in [9.17, 15) is 27.6 Å². The van der Waals surface area contributed by atoms with Gasteiger partial charge in [-0.05, 0) is 99.8 Å². The molecule has 314 valence electrons. The molecule has 11 nitrogen and oxygen atoms in total. The first-order valence-electron chi connectivity index (χ1n) is 21.5. The third kappa shape index (κ3) is 7.34. The topological polar surface area (TPSA) is 150 Å². The molecule has 3 amide bonds. The molecule has 12 heteroatoms. The van der Waals surface area contributed by atoms with E-state index < -0.39 is 55.4 Å². The van der Waals surface area contributed by atoms with Crippen molar-refractivity contribution in [2.75, 3.05) is 13.1 Å². The van der Waals surface area contributed by atoms with Crippen LogP contribution in [-0.2, 0) is 34.0 Å². The molecule has 4 aliphatic carbocycles. The number of allylic oxidation sites excluding steroid dienone is 2. The quantitative estimate of drug-likeness (QED) is 0.212. The zero-order valence-corrected chi connectivity index (χ0v) is 36.7. The Labute approximate surface area is 336 Å². The molecule has 6 rings (SSSR count). The van der Waals surface area contributed by atoms with E-state index in [4.69, 9.17) is 0 Å². The van der Waals surface area contributed by atoms with Crippen LogP contribution in [0.4, 0.5) is 0 Å². The molecule has 2 aliphatic heterocycles. The highest BCUT2D eigenvalue weighted by Crippen LogP contribution is 2.88. The molecule has 2 saturated heterocycles. The molecule has 2 heterocycles. The van der Waals surface area contributed by atoms with Crippen LogP contribution in [0.3, 0.4) is 0 Å². The molecule has 5 fully saturated rings. The SMILES string of the molecule is CC(C)N1CCCC[C@H]1C(=O)N[C@H](C(=O)C[C@H](C(=O)N1C[C@]2(C[C@H]1C(=O)CC1(C(=O)NS(=O)(=O)C3CC3)CC=CC1)C(C)(C)C21CCC1)C(C)(C)C)C(C)(C)C. The molecule has 2 N–H and O–H groups in total. The fourth-order valence-electron chi connectivity index (χ4n) is 11.5. The smallest absolute Gasteiger partial charge is 0.240 e. The second kappa shape index (κ2) is 14.6. The summed E-state index contributed by atoms with van der Waals surface area (Å²) >= 11 is 0. The standard InChI is InChI=1S/C44H70N4O7S/c1-28(2)47-23-14-11-16-31(47)36(51)45-35(40(6,7)8)33(49)24-30(39(3,4)5)37(52)48-27-44(41(9,10)43(44)21-15-22-43)25-32(48)34(50)26-42(19-12-13-20-42)38(53)46-56(54,55)29-17-18-29/h12-13,28-32,35H,11,14-27H2,1-10H3,(H,45,51)(H,46,53)/t30-,31+,32+,35-,44-/m1/s1. The lowest BCUT2D eigenvalue weighted by atomic mass is 9.72. The maximum Gasteiger partial charge on any atom is 0.240 e. The zero-order valence-electron chi connectivity index (χ0n) is 35.9. The number of carbonyl (C=O) groups excluding carboxylic acids is 5. The minimum absolute atomic E-state index is 0.0352. The van der Waals surface area contributed by atoms with Gasteiger partial charge in [0.1, 0.15) is 0 Å². The van der Waals surface area contributed by atoms with Gasteiger partial charge in [-0.3, -0.25) is 33.6 Å². The first-order chi connectivity index (χ1) is 25.8. The van der Waals surface area contributed by atoms with E-state index in [1.54, 1.807) is 4.90 Å². The number of sulfonamides is 1. The lowest BCUT2D eigenvalue weighted by Crippen LogP contribution is -2.58. The molecule has 56 heavy (non-hydrogen) atoms. The highest BCUT2D eigenvalue weighted by molar-refractivity contribution is 7.90.